The van der Waals surface area contributed by atoms with E-state index in [0.29, 0.717) is 22.8 Å². The van der Waals surface area contributed by atoms with Crippen molar-refractivity contribution in [3.8, 4) is 0 Å². The van der Waals surface area contributed by atoms with Crippen LogP contribution >= 0.6 is 0 Å². The average molecular weight is 298 g/mol. The third-order valence-corrected chi connectivity index (χ3v) is 4.78. The summed E-state index contributed by atoms with van der Waals surface area (Å²) in [6, 6.07) is 7.28. The fourth-order valence-electron chi connectivity index (χ4n) is 3.55. The summed E-state index contributed by atoms with van der Waals surface area (Å²) in [5.41, 5.74) is 1.16. The van der Waals surface area contributed by atoms with E-state index < -0.39 is 0 Å². The minimum atomic E-state index is -0.113. The predicted molar refractivity (Wildman–Crippen MR) is 82.0 cm³/mol. The average Bonchev–Trinajstić information content (AvgIpc) is 3.20. The molecule has 1 N–H and O–H groups in total. The molecule has 1 aromatic carbocycles. The first kappa shape index (κ1) is 13.5. The van der Waals surface area contributed by atoms with Crippen molar-refractivity contribution in [2.45, 2.75) is 19.4 Å². The standard InChI is InChI=1S/C17H18N2O3/c1-10(20)15-6-11-2-3-12(7-16(11)22-15)17(21)18-14-9-19-5-4-13(14)8-19/h2-3,6-7,13-14H,4-5,8-9H2,1H3,(H,18,21)/t13-,14?/m1/s1. The van der Waals surface area contributed by atoms with Gasteiger partial charge in [0.1, 0.15) is 5.58 Å². The number of nitrogens with one attached hydrogen (secondary N) is 1. The molecule has 2 aliphatic rings. The predicted octanol–water partition coefficient (Wildman–Crippen LogP) is 2.07. The van der Waals surface area contributed by atoms with Crippen LogP contribution in [-0.4, -0.2) is 42.3 Å². The van der Waals surface area contributed by atoms with Gasteiger partial charge in [0.05, 0.1) is 0 Å². The maximum absolute atomic E-state index is 12.4. The second-order valence-corrected chi connectivity index (χ2v) is 6.31. The number of furan rings is 1. The summed E-state index contributed by atoms with van der Waals surface area (Å²) in [5, 5.41) is 3.97. The molecule has 114 valence electrons. The Morgan fingerprint density at radius 2 is 2.14 bits per heavy atom. The van der Waals surface area contributed by atoms with Crippen LogP contribution in [0.1, 0.15) is 34.3 Å². The van der Waals surface area contributed by atoms with Gasteiger partial charge in [-0.15, -0.1) is 0 Å². The number of hydrogen-bond donors (Lipinski definition) is 1. The number of benzene rings is 1. The lowest BCUT2D eigenvalue weighted by Crippen LogP contribution is -2.43. The molecule has 0 aliphatic carbocycles. The molecule has 2 aliphatic heterocycles. The number of nitrogens with zero attached hydrogens (tertiary/aromatic N) is 1. The summed E-state index contributed by atoms with van der Waals surface area (Å²) in [5.74, 6) is 0.730. The van der Waals surface area contributed by atoms with Crippen molar-refractivity contribution in [1.82, 2.24) is 10.2 Å². The highest BCUT2D eigenvalue weighted by molar-refractivity contribution is 6.00. The van der Waals surface area contributed by atoms with Gasteiger partial charge in [0, 0.05) is 37.0 Å². The van der Waals surface area contributed by atoms with Crippen LogP contribution in [0, 0.1) is 5.92 Å². The molecule has 3 atom stereocenters. The summed E-state index contributed by atoms with van der Waals surface area (Å²) in [4.78, 5) is 26.2. The van der Waals surface area contributed by atoms with Gasteiger partial charge < -0.3 is 14.6 Å². The fraction of sp³-hybridized carbons (Fsp3) is 0.412. The van der Waals surface area contributed by atoms with Crippen LogP contribution < -0.4 is 5.32 Å². The first-order valence-corrected chi connectivity index (χ1v) is 7.68. The first-order chi connectivity index (χ1) is 10.6. The summed E-state index contributed by atoms with van der Waals surface area (Å²) < 4.78 is 5.50. The zero-order valence-electron chi connectivity index (χ0n) is 12.5. The minimum Gasteiger partial charge on any atom is -0.453 e. The first-order valence-electron chi connectivity index (χ1n) is 7.68. The molecule has 3 heterocycles. The topological polar surface area (TPSA) is 62.6 Å². The largest absolute Gasteiger partial charge is 0.453 e. The number of Topliss-reactive ketones (excluding diaryl/α,β-unsaturated/α-hetero) is 1. The Hall–Kier alpha value is -2.14. The molecule has 1 aromatic heterocycles. The van der Waals surface area contributed by atoms with E-state index in [9.17, 15) is 9.59 Å². The maximum atomic E-state index is 12.4. The van der Waals surface area contributed by atoms with Crippen molar-refractivity contribution >= 4 is 22.7 Å². The number of hydrogen-bond acceptors (Lipinski definition) is 4. The molecule has 2 fully saturated rings. The number of carbonyl (C=O) groups excluding carboxylic acids is 2. The van der Waals surface area contributed by atoms with E-state index in [1.54, 1.807) is 18.2 Å². The minimum absolute atomic E-state index is 0.0681. The summed E-state index contributed by atoms with van der Waals surface area (Å²) in [6.45, 7) is 4.68. The Kier molecular flexibility index (Phi) is 3.04. The van der Waals surface area contributed by atoms with Crippen LogP contribution in [0.5, 0.6) is 0 Å². The van der Waals surface area contributed by atoms with Crippen molar-refractivity contribution in [3.05, 3.63) is 35.6 Å². The van der Waals surface area contributed by atoms with E-state index in [4.69, 9.17) is 4.42 Å². The summed E-state index contributed by atoms with van der Waals surface area (Å²) >= 11 is 0. The molecule has 2 unspecified atom stereocenters. The molecule has 22 heavy (non-hydrogen) atoms. The highest BCUT2D eigenvalue weighted by Crippen LogP contribution is 2.28. The van der Waals surface area contributed by atoms with Crippen molar-refractivity contribution in [2.24, 2.45) is 5.92 Å². The molecule has 2 bridgehead atoms. The lowest BCUT2D eigenvalue weighted by Gasteiger charge is -2.23. The van der Waals surface area contributed by atoms with Gasteiger partial charge in [-0.05, 0) is 37.1 Å². The SMILES string of the molecule is CC(=O)c1cc2ccc(C(=O)NC3CN4CC[C@@H]3C4)cc2o1. The van der Waals surface area contributed by atoms with Crippen molar-refractivity contribution in [3.63, 3.8) is 0 Å². The van der Waals surface area contributed by atoms with Gasteiger partial charge in [-0.2, -0.15) is 0 Å². The quantitative estimate of drug-likeness (QED) is 0.881. The maximum Gasteiger partial charge on any atom is 0.251 e. The van der Waals surface area contributed by atoms with E-state index in [-0.39, 0.29) is 17.7 Å². The van der Waals surface area contributed by atoms with Crippen LogP contribution in [0.15, 0.2) is 28.7 Å². The van der Waals surface area contributed by atoms with Crippen LogP contribution in [0.25, 0.3) is 11.0 Å². The van der Waals surface area contributed by atoms with E-state index in [1.807, 2.05) is 6.07 Å². The molecule has 0 spiro atoms. The van der Waals surface area contributed by atoms with Gasteiger partial charge in [-0.25, -0.2) is 0 Å². The van der Waals surface area contributed by atoms with E-state index >= 15 is 0 Å². The third-order valence-electron chi connectivity index (χ3n) is 4.78. The number of fused-ring (bicyclic) bond motifs is 3. The van der Waals surface area contributed by atoms with Crippen LogP contribution in [0.2, 0.25) is 0 Å². The van der Waals surface area contributed by atoms with Gasteiger partial charge in [0.2, 0.25) is 0 Å². The zero-order valence-corrected chi connectivity index (χ0v) is 12.5. The Balaban J connectivity index is 1.55. The van der Waals surface area contributed by atoms with Gasteiger partial charge in [-0.1, -0.05) is 6.07 Å². The van der Waals surface area contributed by atoms with Crippen LogP contribution in [0.3, 0.4) is 0 Å². The van der Waals surface area contributed by atoms with Crippen LogP contribution in [0.4, 0.5) is 0 Å². The van der Waals surface area contributed by atoms with E-state index in [1.165, 1.54) is 13.3 Å². The number of amides is 1. The van der Waals surface area contributed by atoms with Gasteiger partial charge in [0.15, 0.2) is 11.5 Å². The highest BCUT2D eigenvalue weighted by atomic mass is 16.3. The normalized spacial score (nSPS) is 26.5. The Bertz CT molecular complexity index is 764. The lowest BCUT2D eigenvalue weighted by atomic mass is 9.99. The highest BCUT2D eigenvalue weighted by Gasteiger charge is 2.38. The Morgan fingerprint density at radius 3 is 2.82 bits per heavy atom. The molecule has 0 saturated carbocycles. The molecule has 5 heteroatoms. The van der Waals surface area contributed by atoms with Gasteiger partial charge in [-0.3, -0.25) is 9.59 Å². The number of piperidine rings is 1. The molecular weight excluding hydrogens is 280 g/mol. The lowest BCUT2D eigenvalue weighted by molar-refractivity contribution is 0.0924. The van der Waals surface area contributed by atoms with E-state index in [2.05, 4.69) is 10.2 Å². The molecule has 4 rings (SSSR count). The third kappa shape index (κ3) is 2.22. The summed E-state index contributed by atoms with van der Waals surface area (Å²) in [7, 11) is 0. The molecule has 2 saturated heterocycles. The Labute approximate surface area is 128 Å². The number of carbonyl (C=O) groups is 2. The molecule has 5 nitrogen and oxygen atoms in total. The number of rotatable bonds is 3. The van der Waals surface area contributed by atoms with E-state index in [0.717, 1.165) is 25.0 Å². The molecule has 0 radical (unpaired) electrons. The fourth-order valence-corrected chi connectivity index (χ4v) is 3.55. The number of ketones is 1. The monoisotopic (exact) mass is 298 g/mol. The van der Waals surface area contributed by atoms with Crippen molar-refractivity contribution < 1.29 is 14.0 Å². The van der Waals surface area contributed by atoms with Gasteiger partial charge in [0.25, 0.3) is 5.91 Å². The molecule has 2 aromatic rings. The summed E-state index contributed by atoms with van der Waals surface area (Å²) in [6.07, 6.45) is 1.17. The van der Waals surface area contributed by atoms with Crippen LogP contribution in [-0.2, 0) is 0 Å². The van der Waals surface area contributed by atoms with Crippen molar-refractivity contribution in [2.75, 3.05) is 19.6 Å². The smallest absolute Gasteiger partial charge is 0.251 e. The van der Waals surface area contributed by atoms with Crippen molar-refractivity contribution in [1.29, 1.82) is 0 Å². The second-order valence-electron chi connectivity index (χ2n) is 6.31. The Morgan fingerprint density at radius 1 is 1.27 bits per heavy atom. The molecule has 1 amide bonds. The van der Waals surface area contributed by atoms with Gasteiger partial charge >= 0.3 is 0 Å². The second kappa shape index (κ2) is 4.95. The molecular formula is C17H18N2O3. The zero-order chi connectivity index (χ0) is 15.3.